The van der Waals surface area contributed by atoms with Crippen LogP contribution in [0.3, 0.4) is 0 Å². The number of benzene rings is 3. The van der Waals surface area contributed by atoms with Crippen LogP contribution in [-0.2, 0) is 34.5 Å². The third kappa shape index (κ3) is 7.16. The molecule has 12 heteroatoms. The van der Waals surface area contributed by atoms with E-state index in [0.717, 1.165) is 37.9 Å². The topological polar surface area (TPSA) is 52.0 Å². The average molecular weight is 648 g/mol. The second kappa shape index (κ2) is 13.0. The fourth-order valence-corrected chi connectivity index (χ4v) is 6.14. The van der Waals surface area contributed by atoms with E-state index in [-0.39, 0.29) is 12.7 Å². The summed E-state index contributed by atoms with van der Waals surface area (Å²) in [4.78, 5) is 8.57. The van der Waals surface area contributed by atoms with Crippen LogP contribution in [0, 0.1) is 0 Å². The van der Waals surface area contributed by atoms with Crippen LogP contribution in [0.15, 0.2) is 85.5 Å². The lowest BCUT2D eigenvalue weighted by Gasteiger charge is -2.36. The molecule has 4 aromatic rings. The van der Waals surface area contributed by atoms with Crippen molar-refractivity contribution in [2.45, 2.75) is 31.2 Å². The van der Waals surface area contributed by atoms with E-state index in [1.54, 1.807) is 30.7 Å². The molecule has 0 bridgehead atoms. The molecule has 44 heavy (non-hydrogen) atoms. The number of hydrogen-bond donors (Lipinski definition) is 0. The minimum absolute atomic E-state index is 0.282. The van der Waals surface area contributed by atoms with Crippen LogP contribution in [0.5, 0.6) is 5.75 Å². The van der Waals surface area contributed by atoms with Crippen LogP contribution in [0.2, 0.25) is 10.0 Å². The largest absolute Gasteiger partial charge is 0.491 e. The maximum atomic E-state index is 13.1. The number of nitrogens with zero attached hydrogens (tertiary/aromatic N) is 4. The quantitative estimate of drug-likeness (QED) is 0.198. The lowest BCUT2D eigenvalue weighted by atomic mass is 10.1. The van der Waals surface area contributed by atoms with Gasteiger partial charge in [0.15, 0.2) is 0 Å². The molecule has 2 fully saturated rings. The first-order valence-corrected chi connectivity index (χ1v) is 15.0. The van der Waals surface area contributed by atoms with Gasteiger partial charge >= 0.3 is 6.18 Å². The van der Waals surface area contributed by atoms with Crippen molar-refractivity contribution in [1.82, 2.24) is 14.5 Å². The Morgan fingerprint density at radius 1 is 0.977 bits per heavy atom. The van der Waals surface area contributed by atoms with Crippen LogP contribution in [0.4, 0.5) is 18.9 Å². The van der Waals surface area contributed by atoms with Crippen molar-refractivity contribution in [2.24, 2.45) is 0 Å². The van der Waals surface area contributed by atoms with Crippen molar-refractivity contribution in [3.8, 4) is 5.75 Å². The number of piperazine rings is 1. The molecule has 232 valence electrons. The highest BCUT2D eigenvalue weighted by atomic mass is 35.5. The van der Waals surface area contributed by atoms with Crippen molar-refractivity contribution in [1.29, 1.82) is 0 Å². The van der Waals surface area contributed by atoms with Gasteiger partial charge in [0.1, 0.15) is 18.5 Å². The monoisotopic (exact) mass is 646 g/mol. The maximum absolute atomic E-state index is 13.1. The number of imidazole rings is 1. The lowest BCUT2D eigenvalue weighted by Crippen LogP contribution is -2.45. The summed E-state index contributed by atoms with van der Waals surface area (Å²) in [6.07, 6.45) is 0.547. The summed E-state index contributed by atoms with van der Waals surface area (Å²) in [5.74, 6) is -0.416. The van der Waals surface area contributed by atoms with Crippen LogP contribution >= 0.6 is 23.2 Å². The Kier molecular flexibility index (Phi) is 9.07. The van der Waals surface area contributed by atoms with Crippen molar-refractivity contribution in [3.05, 3.63) is 112 Å². The highest BCUT2D eigenvalue weighted by Gasteiger charge is 2.45. The highest BCUT2D eigenvalue weighted by molar-refractivity contribution is 6.35. The van der Waals surface area contributed by atoms with Gasteiger partial charge in [-0.05, 0) is 48.0 Å². The van der Waals surface area contributed by atoms with E-state index in [2.05, 4.69) is 14.8 Å². The van der Waals surface area contributed by atoms with Gasteiger partial charge in [0, 0.05) is 61.4 Å². The van der Waals surface area contributed by atoms with E-state index in [1.807, 2.05) is 41.1 Å². The Balaban J connectivity index is 1.02. The average Bonchev–Trinajstić information content (AvgIpc) is 3.67. The molecule has 7 nitrogen and oxygen atoms in total. The van der Waals surface area contributed by atoms with E-state index >= 15 is 0 Å². The van der Waals surface area contributed by atoms with E-state index in [0.29, 0.717) is 46.6 Å². The molecular formula is C32H31Cl2F3N4O3. The zero-order valence-electron chi connectivity index (χ0n) is 23.7. The smallest absolute Gasteiger partial charge is 0.416 e. The lowest BCUT2D eigenvalue weighted by molar-refractivity contribution is -0.189. The molecule has 0 unspecified atom stereocenters. The number of ether oxygens (including phenoxy) is 3. The Bertz CT molecular complexity index is 1550. The van der Waals surface area contributed by atoms with E-state index in [9.17, 15) is 13.2 Å². The third-order valence-corrected chi connectivity index (χ3v) is 8.37. The van der Waals surface area contributed by atoms with Gasteiger partial charge in [-0.1, -0.05) is 47.5 Å². The molecule has 6 rings (SSSR count). The van der Waals surface area contributed by atoms with Gasteiger partial charge in [-0.3, -0.25) is 4.90 Å². The third-order valence-electron chi connectivity index (χ3n) is 7.82. The van der Waals surface area contributed by atoms with Crippen LogP contribution < -0.4 is 9.64 Å². The molecule has 0 N–H and O–H groups in total. The summed E-state index contributed by atoms with van der Waals surface area (Å²) in [6, 6.07) is 18.7. The number of hydrogen-bond acceptors (Lipinski definition) is 6. The Morgan fingerprint density at radius 2 is 1.77 bits per heavy atom. The molecule has 2 atom stereocenters. The van der Waals surface area contributed by atoms with Crippen molar-refractivity contribution in [3.63, 3.8) is 0 Å². The number of aromatic nitrogens is 2. The zero-order valence-corrected chi connectivity index (χ0v) is 25.2. The molecule has 3 aromatic carbocycles. The Hall–Kier alpha value is -3.28. The molecule has 0 radical (unpaired) electrons. The molecule has 0 saturated carbocycles. The zero-order chi connectivity index (χ0) is 30.7. The van der Waals surface area contributed by atoms with Gasteiger partial charge in [-0.15, -0.1) is 0 Å². The van der Waals surface area contributed by atoms with Gasteiger partial charge in [0.2, 0.25) is 5.79 Å². The second-order valence-electron chi connectivity index (χ2n) is 10.9. The standard InChI is InChI=1S/C32H31Cl2F3N4O3/c33-25-4-9-29(30(34)17-25)31(21-40-11-10-38-22-40)43-20-28(44-31)19-42-27-7-5-26(6-8-27)41-14-12-39(13-15-41)18-23-2-1-3-24(16-23)32(35,36)37/h1-11,16-17,22,28H,12-15,18-21H2/t28-,31-/m1/s1. The SMILES string of the molecule is FC(F)(F)c1cccc(CN2CCN(c3ccc(OC[C@@H]4CO[C@@](Cn5ccnc5)(c5ccc(Cl)cc5Cl)O4)cc3)CC2)c1. The Labute approximate surface area is 263 Å². The van der Waals surface area contributed by atoms with Crippen LogP contribution in [0.25, 0.3) is 0 Å². The molecule has 3 heterocycles. The van der Waals surface area contributed by atoms with Crippen molar-refractivity contribution < 1.29 is 27.4 Å². The summed E-state index contributed by atoms with van der Waals surface area (Å²) < 4.78 is 59.9. The van der Waals surface area contributed by atoms with Crippen LogP contribution in [-0.4, -0.2) is 59.9 Å². The maximum Gasteiger partial charge on any atom is 0.416 e. The number of anilines is 1. The van der Waals surface area contributed by atoms with Gasteiger partial charge in [-0.25, -0.2) is 4.98 Å². The molecule has 1 aromatic heterocycles. The Morgan fingerprint density at radius 3 is 2.48 bits per heavy atom. The summed E-state index contributed by atoms with van der Waals surface area (Å²) in [6.45, 7) is 4.51. The second-order valence-corrected chi connectivity index (χ2v) is 11.8. The van der Waals surface area contributed by atoms with E-state index in [4.69, 9.17) is 37.4 Å². The number of rotatable bonds is 9. The van der Waals surface area contributed by atoms with Gasteiger partial charge in [0.05, 0.1) is 30.1 Å². The molecule has 0 aliphatic carbocycles. The predicted octanol–water partition coefficient (Wildman–Crippen LogP) is 6.88. The fourth-order valence-electron chi connectivity index (χ4n) is 5.59. The van der Waals surface area contributed by atoms with Gasteiger partial charge < -0.3 is 23.7 Å². The van der Waals surface area contributed by atoms with Crippen molar-refractivity contribution >= 4 is 28.9 Å². The van der Waals surface area contributed by atoms with E-state index < -0.39 is 17.5 Å². The summed E-state index contributed by atoms with van der Waals surface area (Å²) >= 11 is 12.7. The number of alkyl halides is 3. The van der Waals surface area contributed by atoms with Crippen LogP contribution in [0.1, 0.15) is 16.7 Å². The normalized spacial score (nSPS) is 21.1. The summed E-state index contributed by atoms with van der Waals surface area (Å²) in [5, 5.41) is 0.973. The van der Waals surface area contributed by atoms with Gasteiger partial charge in [-0.2, -0.15) is 13.2 Å². The predicted molar refractivity (Wildman–Crippen MR) is 162 cm³/mol. The first-order valence-electron chi connectivity index (χ1n) is 14.3. The molecule has 2 aliphatic heterocycles. The van der Waals surface area contributed by atoms with Crippen molar-refractivity contribution in [2.75, 3.05) is 44.3 Å². The summed E-state index contributed by atoms with van der Waals surface area (Å²) in [7, 11) is 0. The number of halogens is 5. The molecule has 2 aliphatic rings. The summed E-state index contributed by atoms with van der Waals surface area (Å²) in [5.41, 5.74) is 1.80. The minimum atomic E-state index is -4.33. The van der Waals surface area contributed by atoms with Gasteiger partial charge in [0.25, 0.3) is 0 Å². The molecular weight excluding hydrogens is 616 g/mol. The molecule has 0 amide bonds. The first-order chi connectivity index (χ1) is 21.2. The minimum Gasteiger partial charge on any atom is -0.491 e. The van der Waals surface area contributed by atoms with E-state index in [1.165, 1.54) is 12.1 Å². The fraction of sp³-hybridized carbons (Fsp3) is 0.344. The highest BCUT2D eigenvalue weighted by Crippen LogP contribution is 2.40. The molecule has 2 saturated heterocycles. The molecule has 0 spiro atoms. The first kappa shape index (κ1) is 30.7.